The van der Waals surface area contributed by atoms with E-state index in [4.69, 9.17) is 34.7 Å². The highest BCUT2D eigenvalue weighted by atomic mass is 35.5. The van der Waals surface area contributed by atoms with Crippen LogP contribution >= 0.6 is 23.2 Å². The second kappa shape index (κ2) is 8.55. The summed E-state index contributed by atoms with van der Waals surface area (Å²) >= 11 is 12.1. The van der Waals surface area contributed by atoms with Gasteiger partial charge in [0, 0.05) is 26.9 Å². The highest BCUT2D eigenvalue weighted by Crippen LogP contribution is 2.25. The van der Waals surface area contributed by atoms with Gasteiger partial charge < -0.3 is 11.5 Å². The molecule has 0 radical (unpaired) electrons. The molecule has 0 aromatic heterocycles. The quantitative estimate of drug-likeness (QED) is 0.496. The van der Waals surface area contributed by atoms with Crippen LogP contribution in [0, 0.1) is 0 Å². The van der Waals surface area contributed by atoms with Gasteiger partial charge >= 0.3 is 0 Å². The number of benzene rings is 2. The molecule has 4 N–H and O–H groups in total. The number of hydrogen-bond acceptors (Lipinski definition) is 2. The average molecular weight is 324 g/mol. The lowest BCUT2D eigenvalue weighted by Gasteiger charge is -2.07. The molecule has 0 aliphatic carbocycles. The molecule has 0 spiro atoms. The molecule has 2 rings (SSSR count). The molecule has 0 saturated heterocycles. The molecule has 2 aromatic carbocycles. The number of halogens is 2. The van der Waals surface area contributed by atoms with Crippen molar-refractivity contribution >= 4 is 34.7 Å². The number of nitrogen functional groups attached to an aromatic ring is 1. The van der Waals surface area contributed by atoms with Crippen molar-refractivity contribution in [1.29, 1.82) is 0 Å². The smallest absolute Gasteiger partial charge is 0.128 e. The number of hydrogen-bond donors (Lipinski definition) is 2. The van der Waals surface area contributed by atoms with Crippen LogP contribution in [0.4, 0.5) is 5.69 Å². The number of para-hydroxylation sites is 1. The first kappa shape index (κ1) is 17.3. The van der Waals surface area contributed by atoms with Crippen molar-refractivity contribution in [3.63, 3.8) is 0 Å². The molecule has 3 nitrogen and oxygen atoms in total. The van der Waals surface area contributed by atoms with Gasteiger partial charge in [-0.25, -0.2) is 0 Å². The molecule has 0 atom stereocenters. The van der Waals surface area contributed by atoms with Crippen LogP contribution < -0.4 is 11.5 Å². The molecular weight excluding hydrogens is 305 g/mol. The van der Waals surface area contributed by atoms with E-state index in [1.54, 1.807) is 24.3 Å². The van der Waals surface area contributed by atoms with E-state index in [2.05, 4.69) is 4.99 Å². The molecular formula is C16H19Cl2N3. The third kappa shape index (κ3) is 4.66. The minimum absolute atomic E-state index is 0.318. The molecule has 0 aliphatic heterocycles. The molecule has 0 fully saturated rings. The molecule has 0 saturated carbocycles. The van der Waals surface area contributed by atoms with E-state index in [-0.39, 0.29) is 0 Å². The van der Waals surface area contributed by atoms with E-state index < -0.39 is 0 Å². The maximum absolute atomic E-state index is 6.07. The van der Waals surface area contributed by atoms with Crippen LogP contribution in [0.1, 0.15) is 25.0 Å². The molecule has 0 aliphatic rings. The fraction of sp³-hybridized carbons (Fsp3) is 0.188. The summed E-state index contributed by atoms with van der Waals surface area (Å²) in [6.45, 7) is 4.32. The molecule has 21 heavy (non-hydrogen) atoms. The molecule has 0 heterocycles. The van der Waals surface area contributed by atoms with Crippen molar-refractivity contribution in [1.82, 2.24) is 0 Å². The summed E-state index contributed by atoms with van der Waals surface area (Å²) in [5.74, 6) is 0.370. The fourth-order valence-corrected chi connectivity index (χ4v) is 2.18. The standard InChI is InChI=1S/C14H13Cl2N3.C2H6/c15-11-5-3-6-12(16)10(11)8-19-14(18)9-4-1-2-7-13(9)17;1-2/h1-7H,8,17H2,(H2,18,19);1-2H3. The number of rotatable bonds is 3. The predicted octanol–water partition coefficient (Wildman–Crippen LogP) is 4.51. The minimum atomic E-state index is 0.318. The Morgan fingerprint density at radius 2 is 1.57 bits per heavy atom. The molecule has 5 heteroatoms. The SMILES string of the molecule is CC.NC(=NCc1c(Cl)cccc1Cl)c1ccccc1N. The van der Waals surface area contributed by atoms with Gasteiger partial charge in [0.25, 0.3) is 0 Å². The first-order valence-electron chi connectivity index (χ1n) is 6.67. The Morgan fingerprint density at radius 1 is 1.00 bits per heavy atom. The number of aliphatic imine (C=N–C) groups is 1. The second-order valence-corrected chi connectivity index (χ2v) is 4.80. The van der Waals surface area contributed by atoms with Crippen LogP contribution in [0.3, 0.4) is 0 Å². The van der Waals surface area contributed by atoms with E-state index in [1.165, 1.54) is 0 Å². The second-order valence-electron chi connectivity index (χ2n) is 3.99. The van der Waals surface area contributed by atoms with Crippen molar-refractivity contribution in [2.24, 2.45) is 10.7 Å². The van der Waals surface area contributed by atoms with Gasteiger partial charge in [-0.3, -0.25) is 4.99 Å². The maximum atomic E-state index is 6.07. The molecule has 0 bridgehead atoms. The molecule has 0 amide bonds. The fourth-order valence-electron chi connectivity index (χ4n) is 1.66. The Bertz CT molecular complexity index is 604. The number of nitrogens with two attached hydrogens (primary N) is 2. The van der Waals surface area contributed by atoms with Gasteiger partial charge in [-0.2, -0.15) is 0 Å². The van der Waals surface area contributed by atoms with Gasteiger partial charge in [0.2, 0.25) is 0 Å². The van der Waals surface area contributed by atoms with Crippen molar-refractivity contribution < 1.29 is 0 Å². The van der Waals surface area contributed by atoms with Gasteiger partial charge in [-0.15, -0.1) is 0 Å². The summed E-state index contributed by atoms with van der Waals surface area (Å²) in [5.41, 5.74) is 13.8. The molecule has 0 unspecified atom stereocenters. The Kier molecular flexibility index (Phi) is 7.06. The lowest BCUT2D eigenvalue weighted by atomic mass is 10.1. The van der Waals surface area contributed by atoms with Crippen LogP contribution in [-0.4, -0.2) is 5.84 Å². The highest BCUT2D eigenvalue weighted by Gasteiger charge is 2.06. The first-order chi connectivity index (χ1) is 10.1. The van der Waals surface area contributed by atoms with E-state index >= 15 is 0 Å². The zero-order chi connectivity index (χ0) is 15.8. The third-order valence-corrected chi connectivity index (χ3v) is 3.41. The van der Waals surface area contributed by atoms with Crippen LogP contribution in [0.5, 0.6) is 0 Å². The average Bonchev–Trinajstić information content (AvgIpc) is 2.49. The van der Waals surface area contributed by atoms with E-state index in [0.717, 1.165) is 5.56 Å². The summed E-state index contributed by atoms with van der Waals surface area (Å²) in [6.07, 6.45) is 0. The Balaban J connectivity index is 0.00000106. The third-order valence-electron chi connectivity index (χ3n) is 2.71. The van der Waals surface area contributed by atoms with Gasteiger partial charge in [0.05, 0.1) is 6.54 Å². The summed E-state index contributed by atoms with van der Waals surface area (Å²) in [7, 11) is 0. The van der Waals surface area contributed by atoms with Crippen LogP contribution in [0.2, 0.25) is 10.0 Å². The van der Waals surface area contributed by atoms with E-state index in [0.29, 0.717) is 33.7 Å². The first-order valence-corrected chi connectivity index (χ1v) is 7.43. The van der Waals surface area contributed by atoms with Crippen LogP contribution in [-0.2, 0) is 6.54 Å². The highest BCUT2D eigenvalue weighted by molar-refractivity contribution is 6.36. The summed E-state index contributed by atoms with van der Waals surface area (Å²) in [5, 5.41) is 1.15. The normalized spacial score (nSPS) is 10.8. The van der Waals surface area contributed by atoms with Crippen molar-refractivity contribution in [3.05, 3.63) is 63.6 Å². The zero-order valence-corrected chi connectivity index (χ0v) is 13.6. The van der Waals surface area contributed by atoms with Crippen LogP contribution in [0.15, 0.2) is 47.5 Å². The largest absolute Gasteiger partial charge is 0.398 e. The Hall–Kier alpha value is -1.71. The molecule has 112 valence electrons. The monoisotopic (exact) mass is 323 g/mol. The predicted molar refractivity (Wildman–Crippen MR) is 93.1 cm³/mol. The van der Waals surface area contributed by atoms with Crippen molar-refractivity contribution in [3.8, 4) is 0 Å². The summed E-state index contributed by atoms with van der Waals surface area (Å²) < 4.78 is 0. The lowest BCUT2D eigenvalue weighted by Crippen LogP contribution is -2.15. The van der Waals surface area contributed by atoms with Gasteiger partial charge in [0.1, 0.15) is 5.84 Å². The van der Waals surface area contributed by atoms with Crippen molar-refractivity contribution in [2.45, 2.75) is 20.4 Å². The molecule has 2 aromatic rings. The Labute approximate surface area is 135 Å². The maximum Gasteiger partial charge on any atom is 0.128 e. The minimum Gasteiger partial charge on any atom is -0.398 e. The van der Waals surface area contributed by atoms with Gasteiger partial charge in [-0.1, -0.05) is 55.2 Å². The lowest BCUT2D eigenvalue weighted by molar-refractivity contribution is 1.06. The van der Waals surface area contributed by atoms with Crippen molar-refractivity contribution in [2.75, 3.05) is 5.73 Å². The van der Waals surface area contributed by atoms with E-state index in [9.17, 15) is 0 Å². The number of amidine groups is 1. The number of anilines is 1. The van der Waals surface area contributed by atoms with E-state index in [1.807, 2.05) is 32.0 Å². The topological polar surface area (TPSA) is 64.4 Å². The Morgan fingerprint density at radius 3 is 2.14 bits per heavy atom. The summed E-state index contributed by atoms with van der Waals surface area (Å²) in [6, 6.07) is 12.6. The van der Waals surface area contributed by atoms with Gasteiger partial charge in [-0.05, 0) is 24.3 Å². The summed E-state index contributed by atoms with van der Waals surface area (Å²) in [4.78, 5) is 4.29. The van der Waals surface area contributed by atoms with Crippen LogP contribution in [0.25, 0.3) is 0 Å². The number of nitrogens with zero attached hydrogens (tertiary/aromatic N) is 1. The van der Waals surface area contributed by atoms with Gasteiger partial charge in [0.15, 0.2) is 0 Å². The zero-order valence-electron chi connectivity index (χ0n) is 12.1.